The lowest BCUT2D eigenvalue weighted by atomic mass is 10.0. The van der Waals surface area contributed by atoms with Crippen molar-refractivity contribution in [1.82, 2.24) is 0 Å². The van der Waals surface area contributed by atoms with Gasteiger partial charge < -0.3 is 4.55 Å². The van der Waals surface area contributed by atoms with Crippen LogP contribution in [0.5, 0.6) is 0 Å². The van der Waals surface area contributed by atoms with E-state index in [0.29, 0.717) is 5.92 Å². The first-order chi connectivity index (χ1) is 7.30. The lowest BCUT2D eigenvalue weighted by molar-refractivity contribution is 0.559. The zero-order valence-corrected chi connectivity index (χ0v) is 11.7. The summed E-state index contributed by atoms with van der Waals surface area (Å²) >= 11 is -0.922. The van der Waals surface area contributed by atoms with Crippen LogP contribution in [0.4, 0.5) is 0 Å². The molecule has 0 spiro atoms. The molecule has 0 radical (unpaired) electrons. The monoisotopic (exact) mass is 238 g/mol. The van der Waals surface area contributed by atoms with E-state index in [9.17, 15) is 4.55 Å². The second-order valence-electron chi connectivity index (χ2n) is 5.62. The predicted molar refractivity (Wildman–Crippen MR) is 71.1 cm³/mol. The molecule has 16 heavy (non-hydrogen) atoms. The highest BCUT2D eigenvalue weighted by atomic mass is 32.2. The van der Waals surface area contributed by atoms with Crippen LogP contribution in [0, 0.1) is 5.92 Å². The Kier molecular flexibility index (Phi) is 4.45. The Bertz CT molecular complexity index is 322. The average molecular weight is 238 g/mol. The van der Waals surface area contributed by atoms with Crippen LogP contribution in [0.2, 0.25) is 0 Å². The Morgan fingerprint density at radius 2 is 1.62 bits per heavy atom. The van der Waals surface area contributed by atoms with Gasteiger partial charge in [-0.15, -0.1) is 0 Å². The zero-order valence-electron chi connectivity index (χ0n) is 10.9. The van der Waals surface area contributed by atoms with E-state index < -0.39 is 11.2 Å². The highest BCUT2D eigenvalue weighted by molar-refractivity contribution is 7.92. The van der Waals surface area contributed by atoms with Crippen molar-refractivity contribution in [1.29, 1.82) is 0 Å². The standard InChI is InChI=1S/C14H22OS/c1-11(2)10-12-6-8-13(9-7-12)16(15)14(3,4)5/h6-9,11H,10H2,1-5H3. The second kappa shape index (κ2) is 5.24. The van der Waals surface area contributed by atoms with Gasteiger partial charge in [-0.05, 0) is 62.0 Å². The smallest absolute Gasteiger partial charge is 0.153 e. The maximum absolute atomic E-state index is 12.1. The molecule has 0 aliphatic heterocycles. The summed E-state index contributed by atoms with van der Waals surface area (Å²) < 4.78 is 11.9. The minimum Gasteiger partial charge on any atom is -0.611 e. The van der Waals surface area contributed by atoms with E-state index in [1.165, 1.54) is 5.56 Å². The Balaban J connectivity index is 2.79. The van der Waals surface area contributed by atoms with Crippen molar-refractivity contribution in [2.75, 3.05) is 0 Å². The first-order valence-electron chi connectivity index (χ1n) is 5.81. The summed E-state index contributed by atoms with van der Waals surface area (Å²) in [5, 5.41) is 0. The molecule has 0 N–H and O–H groups in total. The first kappa shape index (κ1) is 13.6. The Morgan fingerprint density at radius 3 is 2.00 bits per heavy atom. The molecule has 0 bridgehead atoms. The maximum atomic E-state index is 12.1. The van der Waals surface area contributed by atoms with Crippen molar-refractivity contribution in [2.24, 2.45) is 5.92 Å². The normalized spacial score (nSPS) is 14.2. The Hall–Kier alpha value is -0.470. The SMILES string of the molecule is CC(C)Cc1ccc([S+]([O-])C(C)(C)C)cc1. The van der Waals surface area contributed by atoms with Gasteiger partial charge in [0.2, 0.25) is 0 Å². The molecule has 0 aliphatic carbocycles. The van der Waals surface area contributed by atoms with E-state index >= 15 is 0 Å². The van der Waals surface area contributed by atoms with Gasteiger partial charge in [-0.3, -0.25) is 0 Å². The fourth-order valence-corrected chi connectivity index (χ4v) is 2.66. The highest BCUT2D eigenvalue weighted by Gasteiger charge is 2.27. The van der Waals surface area contributed by atoms with Crippen molar-refractivity contribution < 1.29 is 4.55 Å². The minimum atomic E-state index is -0.922. The van der Waals surface area contributed by atoms with Crippen LogP contribution in [0.3, 0.4) is 0 Å². The van der Waals surface area contributed by atoms with Gasteiger partial charge in [0.05, 0.1) is 0 Å². The molecule has 1 nitrogen and oxygen atoms in total. The molecule has 0 amide bonds. The molecule has 0 aliphatic rings. The molecule has 0 fully saturated rings. The van der Waals surface area contributed by atoms with Crippen LogP contribution in [0.1, 0.15) is 40.2 Å². The average Bonchev–Trinajstić information content (AvgIpc) is 2.15. The molecule has 1 aromatic carbocycles. The molecular weight excluding hydrogens is 216 g/mol. The summed E-state index contributed by atoms with van der Waals surface area (Å²) in [6.45, 7) is 10.4. The van der Waals surface area contributed by atoms with Gasteiger partial charge in [-0.1, -0.05) is 26.0 Å². The van der Waals surface area contributed by atoms with E-state index in [1.807, 2.05) is 32.9 Å². The van der Waals surface area contributed by atoms with Crippen LogP contribution in [-0.2, 0) is 17.6 Å². The van der Waals surface area contributed by atoms with Crippen molar-refractivity contribution in [2.45, 2.75) is 50.7 Å². The summed E-state index contributed by atoms with van der Waals surface area (Å²) in [6, 6.07) is 8.19. The minimum absolute atomic E-state index is 0.181. The maximum Gasteiger partial charge on any atom is 0.153 e. The molecule has 0 saturated heterocycles. The van der Waals surface area contributed by atoms with Gasteiger partial charge in [0, 0.05) is 0 Å². The zero-order chi connectivity index (χ0) is 12.3. The molecule has 1 atom stereocenters. The van der Waals surface area contributed by atoms with Crippen LogP contribution in [0.15, 0.2) is 29.2 Å². The van der Waals surface area contributed by atoms with E-state index in [-0.39, 0.29) is 4.75 Å². The summed E-state index contributed by atoms with van der Waals surface area (Å²) in [6.07, 6.45) is 1.09. The van der Waals surface area contributed by atoms with Crippen molar-refractivity contribution in [3.05, 3.63) is 29.8 Å². The van der Waals surface area contributed by atoms with E-state index in [1.54, 1.807) is 0 Å². The fourth-order valence-electron chi connectivity index (χ4n) is 1.57. The van der Waals surface area contributed by atoms with E-state index in [0.717, 1.165) is 11.3 Å². The predicted octanol–water partition coefficient (Wildman–Crippen LogP) is 3.79. The third-order valence-electron chi connectivity index (χ3n) is 2.34. The lowest BCUT2D eigenvalue weighted by Crippen LogP contribution is -2.27. The molecular formula is C14H22OS. The number of rotatable bonds is 3. The molecule has 0 aromatic heterocycles. The molecule has 1 rings (SSSR count). The van der Waals surface area contributed by atoms with Crippen molar-refractivity contribution >= 4 is 11.2 Å². The molecule has 0 heterocycles. The quantitative estimate of drug-likeness (QED) is 0.735. The molecule has 90 valence electrons. The summed E-state index contributed by atoms with van der Waals surface area (Å²) in [4.78, 5) is 0.931. The fraction of sp³-hybridized carbons (Fsp3) is 0.571. The van der Waals surface area contributed by atoms with Crippen molar-refractivity contribution in [3.63, 3.8) is 0 Å². The number of benzene rings is 1. The Morgan fingerprint density at radius 1 is 1.12 bits per heavy atom. The van der Waals surface area contributed by atoms with Crippen molar-refractivity contribution in [3.8, 4) is 0 Å². The van der Waals surface area contributed by atoms with E-state index in [2.05, 4.69) is 26.0 Å². The Labute approximate surface area is 102 Å². The largest absolute Gasteiger partial charge is 0.611 e. The molecule has 1 unspecified atom stereocenters. The summed E-state index contributed by atoms with van der Waals surface area (Å²) in [5.74, 6) is 0.666. The van der Waals surface area contributed by atoms with Gasteiger partial charge in [-0.2, -0.15) is 0 Å². The first-order valence-corrected chi connectivity index (χ1v) is 6.96. The second-order valence-corrected chi connectivity index (χ2v) is 7.86. The van der Waals surface area contributed by atoms with E-state index in [4.69, 9.17) is 0 Å². The topological polar surface area (TPSA) is 23.1 Å². The van der Waals surface area contributed by atoms with Gasteiger partial charge in [-0.25, -0.2) is 0 Å². The van der Waals surface area contributed by atoms with Crippen LogP contribution >= 0.6 is 0 Å². The van der Waals surface area contributed by atoms with Crippen LogP contribution in [0.25, 0.3) is 0 Å². The van der Waals surface area contributed by atoms with Gasteiger partial charge in [0.15, 0.2) is 4.90 Å². The van der Waals surface area contributed by atoms with Gasteiger partial charge in [0.25, 0.3) is 0 Å². The lowest BCUT2D eigenvalue weighted by Gasteiger charge is -2.24. The summed E-state index contributed by atoms with van der Waals surface area (Å²) in [7, 11) is 0. The molecule has 2 heteroatoms. The number of hydrogen-bond donors (Lipinski definition) is 0. The highest BCUT2D eigenvalue weighted by Crippen LogP contribution is 2.25. The summed E-state index contributed by atoms with van der Waals surface area (Å²) in [5.41, 5.74) is 1.32. The molecule has 0 saturated carbocycles. The van der Waals surface area contributed by atoms with Gasteiger partial charge in [0.1, 0.15) is 4.75 Å². The number of hydrogen-bond acceptors (Lipinski definition) is 1. The van der Waals surface area contributed by atoms with Crippen LogP contribution in [-0.4, -0.2) is 9.30 Å². The molecule has 1 aromatic rings. The van der Waals surface area contributed by atoms with Crippen LogP contribution < -0.4 is 0 Å². The third-order valence-corrected chi connectivity index (χ3v) is 4.15. The van der Waals surface area contributed by atoms with Gasteiger partial charge >= 0.3 is 0 Å². The third kappa shape index (κ3) is 3.84.